The zero-order valence-corrected chi connectivity index (χ0v) is 6.73. The minimum absolute atomic E-state index is 0.482. The van der Waals surface area contributed by atoms with Crippen LogP contribution in [0, 0.1) is 0 Å². The fraction of sp³-hybridized carbons (Fsp3) is 0. The van der Waals surface area contributed by atoms with Crippen LogP contribution in [0.2, 0.25) is 0 Å². The van der Waals surface area contributed by atoms with E-state index in [4.69, 9.17) is 0 Å². The van der Waals surface area contributed by atoms with Gasteiger partial charge in [0.1, 0.15) is 5.75 Å². The summed E-state index contributed by atoms with van der Waals surface area (Å²) in [5, 5.41) is 2.00. The average Bonchev–Trinajstić information content (AvgIpc) is 2.18. The number of aromatic nitrogens is 1. The number of hydrogen-bond acceptors (Lipinski definition) is 3. The van der Waals surface area contributed by atoms with Gasteiger partial charge in [0.05, 0.1) is 0 Å². The van der Waals surface area contributed by atoms with E-state index in [9.17, 15) is 4.79 Å². The van der Waals surface area contributed by atoms with Gasteiger partial charge in [0.2, 0.25) is 0 Å². The molecule has 0 unspecified atom stereocenters. The van der Waals surface area contributed by atoms with Crippen molar-refractivity contribution in [3.8, 4) is 5.75 Å². The third kappa shape index (κ3) is 1.49. The van der Waals surface area contributed by atoms with E-state index in [-0.39, 0.29) is 0 Å². The van der Waals surface area contributed by atoms with E-state index in [1.165, 1.54) is 6.47 Å². The fourth-order valence-electron chi connectivity index (χ4n) is 1.17. The molecule has 13 heavy (non-hydrogen) atoms. The minimum atomic E-state index is 0.482. The van der Waals surface area contributed by atoms with Gasteiger partial charge in [-0.15, -0.1) is 0 Å². The first-order valence-electron chi connectivity index (χ1n) is 3.78. The molecule has 2 rings (SSSR count). The molecule has 2 aromatic rings. The smallest absolute Gasteiger partial charge is 0.418 e. The van der Waals surface area contributed by atoms with Gasteiger partial charge >= 0.3 is 6.47 Å². The highest BCUT2D eigenvalue weighted by Gasteiger charge is 1.96. The van der Waals surface area contributed by atoms with Gasteiger partial charge < -0.3 is 4.74 Å². The molecule has 0 N–H and O–H groups in total. The van der Waals surface area contributed by atoms with Gasteiger partial charge in [-0.3, -0.25) is 4.98 Å². The van der Waals surface area contributed by atoms with Gasteiger partial charge in [-0.05, 0) is 23.6 Å². The molecule has 1 heterocycles. The molecule has 1 aromatic carbocycles. The van der Waals surface area contributed by atoms with E-state index >= 15 is 0 Å². The van der Waals surface area contributed by atoms with Crippen molar-refractivity contribution < 1.29 is 9.53 Å². The molecular formula is C10H6NO2. The molecule has 0 spiro atoms. The predicted octanol–water partition coefficient (Wildman–Crippen LogP) is 1.68. The van der Waals surface area contributed by atoms with Crippen LogP contribution in [0.15, 0.2) is 36.7 Å². The maximum Gasteiger partial charge on any atom is 0.423 e. The van der Waals surface area contributed by atoms with Gasteiger partial charge in [-0.25, -0.2) is 4.79 Å². The van der Waals surface area contributed by atoms with E-state index in [0.717, 1.165) is 10.8 Å². The van der Waals surface area contributed by atoms with Crippen LogP contribution in [0.4, 0.5) is 0 Å². The molecule has 0 amide bonds. The predicted molar refractivity (Wildman–Crippen MR) is 48.1 cm³/mol. The molecule has 3 heteroatoms. The first kappa shape index (κ1) is 7.73. The topological polar surface area (TPSA) is 39.2 Å². The Morgan fingerprint density at radius 2 is 2.15 bits per heavy atom. The molecule has 3 nitrogen and oxygen atoms in total. The number of pyridine rings is 1. The molecule has 1 aromatic heterocycles. The number of nitrogens with zero attached hydrogens (tertiary/aromatic N) is 1. The summed E-state index contributed by atoms with van der Waals surface area (Å²) in [5.41, 5.74) is 0. The Balaban J connectivity index is 2.55. The first-order valence-corrected chi connectivity index (χ1v) is 3.78. The third-order valence-electron chi connectivity index (χ3n) is 1.77. The lowest BCUT2D eigenvalue weighted by atomic mass is 10.2. The van der Waals surface area contributed by atoms with Crippen LogP contribution in [0.1, 0.15) is 0 Å². The Morgan fingerprint density at radius 3 is 3.00 bits per heavy atom. The van der Waals surface area contributed by atoms with Crippen LogP contribution < -0.4 is 4.74 Å². The average molecular weight is 172 g/mol. The summed E-state index contributed by atoms with van der Waals surface area (Å²) in [6, 6.07) is 7.22. The third-order valence-corrected chi connectivity index (χ3v) is 1.77. The van der Waals surface area contributed by atoms with Gasteiger partial charge in [-0.2, -0.15) is 0 Å². The van der Waals surface area contributed by atoms with E-state index in [2.05, 4.69) is 9.72 Å². The van der Waals surface area contributed by atoms with E-state index in [1.807, 2.05) is 12.1 Å². The van der Waals surface area contributed by atoms with Crippen molar-refractivity contribution in [3.63, 3.8) is 0 Å². The van der Waals surface area contributed by atoms with Gasteiger partial charge in [0.25, 0.3) is 0 Å². The molecular weight excluding hydrogens is 166 g/mol. The number of ether oxygens (including phenoxy) is 1. The van der Waals surface area contributed by atoms with Crippen LogP contribution in [0.5, 0.6) is 5.75 Å². The fourth-order valence-corrected chi connectivity index (χ4v) is 1.17. The molecule has 1 radical (unpaired) electrons. The Labute approximate surface area is 75.0 Å². The SMILES string of the molecule is O=[C]Oc1ccc2ccncc2c1. The molecule has 0 atom stereocenters. The standard InChI is InChI=1S/C10H6NO2/c12-7-13-10-2-1-8-3-4-11-6-9(8)5-10/h1-6H. The van der Waals surface area contributed by atoms with Crippen molar-refractivity contribution >= 4 is 17.2 Å². The summed E-state index contributed by atoms with van der Waals surface area (Å²) in [6.45, 7) is 1.38. The molecule has 0 fully saturated rings. The summed E-state index contributed by atoms with van der Waals surface area (Å²) >= 11 is 0. The number of fused-ring (bicyclic) bond motifs is 1. The quantitative estimate of drug-likeness (QED) is 0.691. The molecule has 0 saturated carbocycles. The van der Waals surface area contributed by atoms with Crippen LogP contribution in [0.3, 0.4) is 0 Å². The van der Waals surface area contributed by atoms with E-state index in [0.29, 0.717) is 5.75 Å². The summed E-state index contributed by atoms with van der Waals surface area (Å²) in [6.07, 6.45) is 3.43. The number of carbonyl (C=O) groups excluding carboxylic acids is 1. The maximum absolute atomic E-state index is 9.95. The zero-order valence-electron chi connectivity index (χ0n) is 6.73. The van der Waals surface area contributed by atoms with Crippen molar-refractivity contribution in [1.82, 2.24) is 4.98 Å². The maximum atomic E-state index is 9.95. The second kappa shape index (κ2) is 3.23. The van der Waals surface area contributed by atoms with Crippen LogP contribution in [0.25, 0.3) is 10.8 Å². The lowest BCUT2D eigenvalue weighted by Gasteiger charge is -1.98. The summed E-state index contributed by atoms with van der Waals surface area (Å²) in [5.74, 6) is 0.482. The second-order valence-electron chi connectivity index (χ2n) is 2.57. The normalized spacial score (nSPS) is 9.85. The zero-order chi connectivity index (χ0) is 9.10. The molecule has 0 aliphatic heterocycles. The highest BCUT2D eigenvalue weighted by Crippen LogP contribution is 2.18. The van der Waals surface area contributed by atoms with E-state index in [1.54, 1.807) is 24.5 Å². The summed E-state index contributed by atoms with van der Waals surface area (Å²) < 4.78 is 4.58. The number of hydrogen-bond donors (Lipinski definition) is 0. The van der Waals surface area contributed by atoms with Crippen molar-refractivity contribution in [1.29, 1.82) is 0 Å². The van der Waals surface area contributed by atoms with Crippen molar-refractivity contribution in [2.75, 3.05) is 0 Å². The van der Waals surface area contributed by atoms with Crippen molar-refractivity contribution in [2.45, 2.75) is 0 Å². The van der Waals surface area contributed by atoms with Crippen molar-refractivity contribution in [3.05, 3.63) is 36.7 Å². The second-order valence-corrected chi connectivity index (χ2v) is 2.57. The van der Waals surface area contributed by atoms with Gasteiger partial charge in [0, 0.05) is 17.8 Å². The lowest BCUT2D eigenvalue weighted by molar-refractivity contribution is 0.443. The van der Waals surface area contributed by atoms with Crippen molar-refractivity contribution in [2.24, 2.45) is 0 Å². The Bertz CT molecular complexity index is 440. The molecule has 63 valence electrons. The Kier molecular flexibility index (Phi) is 1.92. The first-order chi connectivity index (χ1) is 6.40. The van der Waals surface area contributed by atoms with E-state index < -0.39 is 0 Å². The monoisotopic (exact) mass is 172 g/mol. The molecule has 0 saturated heterocycles. The van der Waals surface area contributed by atoms with Crippen LogP contribution in [-0.4, -0.2) is 11.5 Å². The number of benzene rings is 1. The van der Waals surface area contributed by atoms with Gasteiger partial charge in [-0.1, -0.05) is 6.07 Å². The minimum Gasteiger partial charge on any atom is -0.418 e. The van der Waals surface area contributed by atoms with Crippen LogP contribution >= 0.6 is 0 Å². The molecule has 0 aliphatic carbocycles. The number of rotatable bonds is 2. The van der Waals surface area contributed by atoms with Crippen LogP contribution in [-0.2, 0) is 4.79 Å². The molecule has 0 aliphatic rings. The lowest BCUT2D eigenvalue weighted by Crippen LogP contribution is -1.87. The summed E-state index contributed by atoms with van der Waals surface area (Å²) in [7, 11) is 0. The Hall–Kier alpha value is -1.90. The summed E-state index contributed by atoms with van der Waals surface area (Å²) in [4.78, 5) is 13.9. The highest BCUT2D eigenvalue weighted by molar-refractivity contribution is 5.83. The highest BCUT2D eigenvalue weighted by atomic mass is 16.5. The largest absolute Gasteiger partial charge is 0.423 e. The Morgan fingerprint density at radius 1 is 1.23 bits per heavy atom. The molecule has 0 bridgehead atoms. The van der Waals surface area contributed by atoms with Gasteiger partial charge in [0.15, 0.2) is 0 Å².